The molecular weight excluding hydrogens is 181 g/mol. The molecule has 0 bridgehead atoms. The summed E-state index contributed by atoms with van der Waals surface area (Å²) in [4.78, 5) is 1.62. The van der Waals surface area contributed by atoms with E-state index in [0.29, 0.717) is 19.6 Å². The molecule has 0 spiro atoms. The molecule has 1 fully saturated rings. The Balaban J connectivity index is 2.63. The van der Waals surface area contributed by atoms with Crippen LogP contribution < -0.4 is 5.32 Å². The molecule has 2 nitrogen and oxygen atoms in total. The molecule has 0 aliphatic carbocycles. The Morgan fingerprint density at radius 3 is 2.77 bits per heavy atom. The fourth-order valence-corrected chi connectivity index (χ4v) is 1.63. The van der Waals surface area contributed by atoms with Gasteiger partial charge in [0.25, 0.3) is 5.92 Å². The molecule has 1 heterocycles. The van der Waals surface area contributed by atoms with Crippen LogP contribution in [-0.2, 0) is 0 Å². The molecule has 1 rings (SSSR count). The van der Waals surface area contributed by atoms with Crippen molar-refractivity contribution >= 4 is 0 Å². The average Bonchev–Trinajstić information content (AvgIpc) is 2.18. The lowest BCUT2D eigenvalue weighted by Crippen LogP contribution is -2.59. The summed E-state index contributed by atoms with van der Waals surface area (Å²) in [6.45, 7) is 2.22. The van der Waals surface area contributed by atoms with Crippen LogP contribution in [0.4, 0.5) is 13.2 Å². The Bertz CT molecular complexity index is 163. The quantitative estimate of drug-likeness (QED) is 0.721. The van der Waals surface area contributed by atoms with Crippen molar-refractivity contribution in [2.45, 2.75) is 18.9 Å². The van der Waals surface area contributed by atoms with Crippen molar-refractivity contribution in [3.05, 3.63) is 0 Å². The standard InChI is InChI=1S/C8H15F3N2/c1-2-13-4-3-12-5-7(13)8(10,11)6-9/h7,12H,2-6H2,1H3. The fraction of sp³-hybridized carbons (Fsp3) is 1.00. The van der Waals surface area contributed by atoms with Gasteiger partial charge in [-0.05, 0) is 6.54 Å². The zero-order valence-corrected chi connectivity index (χ0v) is 7.69. The van der Waals surface area contributed by atoms with Gasteiger partial charge in [-0.2, -0.15) is 0 Å². The third-order valence-corrected chi connectivity index (χ3v) is 2.43. The van der Waals surface area contributed by atoms with Gasteiger partial charge in [-0.1, -0.05) is 6.92 Å². The number of nitrogens with one attached hydrogen (secondary N) is 1. The van der Waals surface area contributed by atoms with Gasteiger partial charge in [0, 0.05) is 19.6 Å². The molecule has 0 aromatic rings. The summed E-state index contributed by atoms with van der Waals surface area (Å²) in [5, 5.41) is 2.85. The second-order valence-corrected chi connectivity index (χ2v) is 3.24. The molecule has 0 aromatic carbocycles. The van der Waals surface area contributed by atoms with Gasteiger partial charge in [-0.25, -0.2) is 13.2 Å². The van der Waals surface area contributed by atoms with E-state index >= 15 is 0 Å². The van der Waals surface area contributed by atoms with Crippen molar-refractivity contribution in [2.75, 3.05) is 32.9 Å². The highest BCUT2D eigenvalue weighted by Gasteiger charge is 2.43. The van der Waals surface area contributed by atoms with Crippen LogP contribution in [0.3, 0.4) is 0 Å². The third-order valence-electron chi connectivity index (χ3n) is 2.43. The summed E-state index contributed by atoms with van der Waals surface area (Å²) in [6.07, 6.45) is 0. The van der Waals surface area contributed by atoms with Gasteiger partial charge in [0.15, 0.2) is 6.67 Å². The summed E-state index contributed by atoms with van der Waals surface area (Å²) in [7, 11) is 0. The molecule has 0 saturated carbocycles. The van der Waals surface area contributed by atoms with Gasteiger partial charge in [0.1, 0.15) is 0 Å². The van der Waals surface area contributed by atoms with Crippen molar-refractivity contribution in [1.82, 2.24) is 10.2 Å². The highest BCUT2D eigenvalue weighted by atomic mass is 19.3. The van der Waals surface area contributed by atoms with Crippen molar-refractivity contribution in [3.8, 4) is 0 Å². The van der Waals surface area contributed by atoms with Gasteiger partial charge >= 0.3 is 0 Å². The van der Waals surface area contributed by atoms with Gasteiger partial charge in [-0.15, -0.1) is 0 Å². The zero-order chi connectivity index (χ0) is 9.90. The number of alkyl halides is 3. The van der Waals surface area contributed by atoms with E-state index in [2.05, 4.69) is 5.32 Å². The maximum absolute atomic E-state index is 13.0. The first-order valence-electron chi connectivity index (χ1n) is 4.50. The number of nitrogens with zero attached hydrogens (tertiary/aromatic N) is 1. The lowest BCUT2D eigenvalue weighted by Gasteiger charge is -2.38. The van der Waals surface area contributed by atoms with E-state index in [-0.39, 0.29) is 6.54 Å². The molecule has 13 heavy (non-hydrogen) atoms. The summed E-state index contributed by atoms with van der Waals surface area (Å²) in [6, 6.07) is -0.990. The monoisotopic (exact) mass is 196 g/mol. The Labute approximate surface area is 76.1 Å². The smallest absolute Gasteiger partial charge is 0.292 e. The minimum atomic E-state index is -3.22. The minimum absolute atomic E-state index is 0.171. The summed E-state index contributed by atoms with van der Waals surface area (Å²) in [5.41, 5.74) is 0. The molecule has 5 heteroatoms. The van der Waals surface area contributed by atoms with Crippen LogP contribution in [0.5, 0.6) is 0 Å². The van der Waals surface area contributed by atoms with Crippen LogP contribution in [-0.4, -0.2) is 49.7 Å². The Kier molecular flexibility index (Phi) is 3.55. The molecule has 1 N–H and O–H groups in total. The topological polar surface area (TPSA) is 15.3 Å². The van der Waals surface area contributed by atoms with E-state index in [0.717, 1.165) is 0 Å². The summed E-state index contributed by atoms with van der Waals surface area (Å²) < 4.78 is 38.1. The van der Waals surface area contributed by atoms with Crippen LogP contribution in [0.2, 0.25) is 0 Å². The van der Waals surface area contributed by atoms with Crippen molar-refractivity contribution < 1.29 is 13.2 Å². The predicted octanol–water partition coefficient (Wildman–Crippen LogP) is 0.885. The Morgan fingerprint density at radius 2 is 2.23 bits per heavy atom. The number of likely N-dealkylation sites (N-methyl/N-ethyl adjacent to an activating group) is 1. The Morgan fingerprint density at radius 1 is 1.54 bits per heavy atom. The number of rotatable bonds is 3. The zero-order valence-electron chi connectivity index (χ0n) is 7.69. The van der Waals surface area contributed by atoms with E-state index in [1.807, 2.05) is 6.92 Å². The summed E-state index contributed by atoms with van der Waals surface area (Å²) >= 11 is 0. The van der Waals surface area contributed by atoms with Crippen LogP contribution in [0.15, 0.2) is 0 Å². The highest BCUT2D eigenvalue weighted by molar-refractivity contribution is 4.89. The molecule has 0 radical (unpaired) electrons. The number of halogens is 3. The second kappa shape index (κ2) is 4.28. The lowest BCUT2D eigenvalue weighted by molar-refractivity contribution is -0.101. The normalized spacial score (nSPS) is 26.3. The highest BCUT2D eigenvalue weighted by Crippen LogP contribution is 2.24. The van der Waals surface area contributed by atoms with E-state index in [9.17, 15) is 13.2 Å². The van der Waals surface area contributed by atoms with E-state index in [4.69, 9.17) is 0 Å². The largest absolute Gasteiger partial charge is 0.314 e. The first kappa shape index (κ1) is 10.8. The molecule has 0 amide bonds. The number of hydrogen-bond acceptors (Lipinski definition) is 2. The van der Waals surface area contributed by atoms with Crippen molar-refractivity contribution in [1.29, 1.82) is 0 Å². The third kappa shape index (κ3) is 2.34. The predicted molar refractivity (Wildman–Crippen MR) is 44.8 cm³/mol. The van der Waals surface area contributed by atoms with Gasteiger partial charge in [-0.3, -0.25) is 4.90 Å². The van der Waals surface area contributed by atoms with Gasteiger partial charge in [0.2, 0.25) is 0 Å². The molecule has 1 saturated heterocycles. The maximum atomic E-state index is 13.0. The first-order chi connectivity index (χ1) is 6.11. The van der Waals surface area contributed by atoms with Gasteiger partial charge in [0.05, 0.1) is 6.04 Å². The fourth-order valence-electron chi connectivity index (χ4n) is 1.63. The molecule has 1 aliphatic heterocycles. The van der Waals surface area contributed by atoms with Crippen molar-refractivity contribution in [3.63, 3.8) is 0 Å². The minimum Gasteiger partial charge on any atom is -0.314 e. The SMILES string of the molecule is CCN1CCNCC1C(F)(F)CF. The van der Waals surface area contributed by atoms with E-state index < -0.39 is 18.6 Å². The van der Waals surface area contributed by atoms with Gasteiger partial charge < -0.3 is 5.32 Å². The molecule has 0 aromatic heterocycles. The molecule has 1 unspecified atom stereocenters. The van der Waals surface area contributed by atoms with E-state index in [1.54, 1.807) is 4.90 Å². The maximum Gasteiger partial charge on any atom is 0.292 e. The van der Waals surface area contributed by atoms with E-state index in [1.165, 1.54) is 0 Å². The lowest BCUT2D eigenvalue weighted by atomic mass is 10.1. The van der Waals surface area contributed by atoms with Crippen LogP contribution in [0.25, 0.3) is 0 Å². The first-order valence-corrected chi connectivity index (χ1v) is 4.50. The molecule has 1 aliphatic rings. The molecule has 78 valence electrons. The number of hydrogen-bond donors (Lipinski definition) is 1. The summed E-state index contributed by atoms with van der Waals surface area (Å²) in [5.74, 6) is -3.22. The van der Waals surface area contributed by atoms with Crippen molar-refractivity contribution in [2.24, 2.45) is 0 Å². The second-order valence-electron chi connectivity index (χ2n) is 3.24. The molecular formula is C8H15F3N2. The average molecular weight is 196 g/mol. The molecule has 1 atom stereocenters. The van der Waals surface area contributed by atoms with Crippen LogP contribution in [0.1, 0.15) is 6.92 Å². The van der Waals surface area contributed by atoms with Crippen LogP contribution in [0, 0.1) is 0 Å². The number of piperazine rings is 1. The van der Waals surface area contributed by atoms with Crippen LogP contribution >= 0.6 is 0 Å². The Hall–Kier alpha value is -0.290.